The lowest BCUT2D eigenvalue weighted by Crippen LogP contribution is -2.45. The summed E-state index contributed by atoms with van der Waals surface area (Å²) >= 11 is 0. The number of hydrogen-bond donors (Lipinski definition) is 2. The van der Waals surface area contributed by atoms with Crippen LogP contribution in [0, 0.1) is 29.6 Å². The minimum absolute atomic E-state index is 0.00874. The Balaban J connectivity index is 1.27. The summed E-state index contributed by atoms with van der Waals surface area (Å²) in [5.41, 5.74) is 5.92. The van der Waals surface area contributed by atoms with Crippen LogP contribution in [-0.4, -0.2) is 71.3 Å². The summed E-state index contributed by atoms with van der Waals surface area (Å²) in [6, 6.07) is 0. The smallest absolute Gasteiger partial charge is 0.226 e. The second-order valence-corrected chi connectivity index (χ2v) is 10.5. The number of aliphatic hydroxyl groups is 1. The van der Waals surface area contributed by atoms with Gasteiger partial charge in [0, 0.05) is 24.9 Å². The number of nitrogens with two attached hydrogens (primary N) is 1. The number of amides is 2. The van der Waals surface area contributed by atoms with Crippen LogP contribution in [0.3, 0.4) is 0 Å². The summed E-state index contributed by atoms with van der Waals surface area (Å²) in [4.78, 5) is 41.2. The number of ketones is 1. The zero-order valence-corrected chi connectivity index (χ0v) is 18.7. The molecule has 5 atom stereocenters. The highest BCUT2D eigenvalue weighted by molar-refractivity contribution is 5.93. The fraction of sp³-hybridized carbons (Fsp3) is 0.875. The maximum Gasteiger partial charge on any atom is 0.226 e. The van der Waals surface area contributed by atoms with Crippen molar-refractivity contribution in [2.75, 3.05) is 32.7 Å². The van der Waals surface area contributed by atoms with Crippen LogP contribution in [-0.2, 0) is 14.4 Å². The predicted octanol–water partition coefficient (Wildman–Crippen LogP) is 1.57. The first-order valence-corrected chi connectivity index (χ1v) is 12.4. The van der Waals surface area contributed by atoms with E-state index in [0.717, 1.165) is 63.6 Å². The van der Waals surface area contributed by atoms with Gasteiger partial charge in [-0.05, 0) is 69.2 Å². The van der Waals surface area contributed by atoms with Gasteiger partial charge in [0.15, 0.2) is 5.78 Å². The summed E-state index contributed by atoms with van der Waals surface area (Å²) in [5.74, 6) is 1.77. The molecule has 3 N–H and O–H groups in total. The van der Waals surface area contributed by atoms with E-state index in [1.807, 2.05) is 4.90 Å². The number of carbonyl (C=O) groups is 3. The van der Waals surface area contributed by atoms with Gasteiger partial charge < -0.3 is 20.6 Å². The molecule has 7 nitrogen and oxygen atoms in total. The summed E-state index contributed by atoms with van der Waals surface area (Å²) in [5, 5.41) is 9.66. The zero-order valence-electron chi connectivity index (χ0n) is 18.7. The minimum Gasteiger partial charge on any atom is -0.383 e. The standard InChI is InChI=1S/C24H39N3O4/c25-13-16-3-1-4-18(11-16)17-7-9-26(10-8-17)23(30)19-5-2-6-20(12-19)24(31)27-14-21(28)22(29)15-27/h16-21,28H,1-15,25H2/t16?,18?,19?,20?,21-/m1/s1. The van der Waals surface area contributed by atoms with Gasteiger partial charge in [-0.25, -0.2) is 0 Å². The van der Waals surface area contributed by atoms with Crippen LogP contribution in [0.5, 0.6) is 0 Å². The van der Waals surface area contributed by atoms with Gasteiger partial charge in [-0.15, -0.1) is 0 Å². The average molecular weight is 434 g/mol. The van der Waals surface area contributed by atoms with Crippen molar-refractivity contribution in [1.82, 2.24) is 9.80 Å². The van der Waals surface area contributed by atoms with Gasteiger partial charge in [-0.2, -0.15) is 0 Å². The van der Waals surface area contributed by atoms with Gasteiger partial charge in [0.05, 0.1) is 13.1 Å². The monoisotopic (exact) mass is 433 g/mol. The van der Waals surface area contributed by atoms with Crippen molar-refractivity contribution in [2.45, 2.75) is 70.3 Å². The van der Waals surface area contributed by atoms with Crippen LogP contribution in [0.25, 0.3) is 0 Å². The average Bonchev–Trinajstić information content (AvgIpc) is 3.16. The van der Waals surface area contributed by atoms with Crippen molar-refractivity contribution in [3.05, 3.63) is 0 Å². The van der Waals surface area contributed by atoms with E-state index in [4.69, 9.17) is 5.73 Å². The Morgan fingerprint density at radius 2 is 1.52 bits per heavy atom. The molecule has 4 aliphatic rings. The van der Waals surface area contributed by atoms with Crippen molar-refractivity contribution < 1.29 is 19.5 Å². The van der Waals surface area contributed by atoms with Crippen molar-refractivity contribution >= 4 is 17.6 Å². The third-order valence-corrected chi connectivity index (χ3v) is 8.47. The summed E-state index contributed by atoms with van der Waals surface area (Å²) < 4.78 is 0. The van der Waals surface area contributed by atoms with Crippen molar-refractivity contribution in [3.63, 3.8) is 0 Å². The highest BCUT2D eigenvalue weighted by Crippen LogP contribution is 2.39. The second-order valence-electron chi connectivity index (χ2n) is 10.5. The molecule has 2 amide bonds. The van der Waals surface area contributed by atoms with Crippen molar-refractivity contribution in [1.29, 1.82) is 0 Å². The third-order valence-electron chi connectivity index (χ3n) is 8.47. The molecule has 0 bridgehead atoms. The Morgan fingerprint density at radius 3 is 2.13 bits per heavy atom. The lowest BCUT2D eigenvalue weighted by molar-refractivity contribution is -0.142. The Hall–Kier alpha value is -1.47. The molecule has 0 aromatic rings. The number of piperidine rings is 1. The lowest BCUT2D eigenvalue weighted by Gasteiger charge is -2.41. The van der Waals surface area contributed by atoms with Crippen molar-refractivity contribution in [3.8, 4) is 0 Å². The molecule has 2 heterocycles. The zero-order chi connectivity index (χ0) is 22.0. The summed E-state index contributed by atoms with van der Waals surface area (Å²) in [6.07, 6.45) is 9.36. The first kappa shape index (κ1) is 22.7. The number of rotatable bonds is 4. The molecule has 31 heavy (non-hydrogen) atoms. The van der Waals surface area contributed by atoms with Gasteiger partial charge in [-0.1, -0.05) is 19.3 Å². The molecule has 0 aromatic carbocycles. The third kappa shape index (κ3) is 5.14. The fourth-order valence-corrected chi connectivity index (χ4v) is 6.56. The molecule has 0 spiro atoms. The quantitative estimate of drug-likeness (QED) is 0.700. The number of hydrogen-bond acceptors (Lipinski definition) is 5. The van der Waals surface area contributed by atoms with E-state index in [9.17, 15) is 19.5 Å². The number of likely N-dealkylation sites (tertiary alicyclic amines) is 2. The SMILES string of the molecule is NCC1CCCC(C2CCN(C(=O)C3CCCC(C(=O)N4CC(=O)[C@H](O)C4)C3)CC2)C1. The highest BCUT2D eigenvalue weighted by atomic mass is 16.3. The Labute approximate surface area is 185 Å². The van der Waals surface area contributed by atoms with E-state index in [-0.39, 0.29) is 42.5 Å². The van der Waals surface area contributed by atoms with Crippen molar-refractivity contribution in [2.24, 2.45) is 35.3 Å². The number of nitrogens with zero attached hydrogens (tertiary/aromatic N) is 2. The van der Waals surface area contributed by atoms with Crippen LogP contribution >= 0.6 is 0 Å². The topological polar surface area (TPSA) is 104 Å². The maximum absolute atomic E-state index is 13.2. The van der Waals surface area contributed by atoms with E-state index in [0.29, 0.717) is 12.3 Å². The van der Waals surface area contributed by atoms with E-state index >= 15 is 0 Å². The summed E-state index contributed by atoms with van der Waals surface area (Å²) in [6.45, 7) is 2.60. The fourth-order valence-electron chi connectivity index (χ4n) is 6.56. The number of β-amino-alcohol motifs (C(OH)–C–C–N with tert-alkyl or cyclic N) is 1. The minimum atomic E-state index is -1.05. The van der Waals surface area contributed by atoms with Gasteiger partial charge in [0.2, 0.25) is 11.8 Å². The van der Waals surface area contributed by atoms with E-state index in [1.54, 1.807) is 0 Å². The molecule has 0 radical (unpaired) electrons. The molecule has 2 aliphatic heterocycles. The molecular weight excluding hydrogens is 394 g/mol. The molecule has 4 fully saturated rings. The number of carbonyl (C=O) groups excluding carboxylic acids is 3. The van der Waals surface area contributed by atoms with Crippen LogP contribution in [0.1, 0.15) is 64.2 Å². The molecule has 2 saturated carbocycles. The molecule has 0 aromatic heterocycles. The Morgan fingerprint density at radius 1 is 0.871 bits per heavy atom. The van der Waals surface area contributed by atoms with Gasteiger partial charge in [0.25, 0.3) is 0 Å². The Kier molecular flexibility index (Phi) is 7.32. The molecule has 2 saturated heterocycles. The molecule has 7 heteroatoms. The van der Waals surface area contributed by atoms with Crippen LogP contribution in [0.15, 0.2) is 0 Å². The molecule has 4 rings (SSSR count). The van der Waals surface area contributed by atoms with Gasteiger partial charge in [-0.3, -0.25) is 14.4 Å². The van der Waals surface area contributed by atoms with Gasteiger partial charge in [0.1, 0.15) is 6.10 Å². The lowest BCUT2D eigenvalue weighted by atomic mass is 9.72. The second kappa shape index (κ2) is 9.99. The van der Waals surface area contributed by atoms with Gasteiger partial charge >= 0.3 is 0 Å². The van der Waals surface area contributed by atoms with Crippen LogP contribution < -0.4 is 5.73 Å². The molecular formula is C24H39N3O4. The van der Waals surface area contributed by atoms with E-state index < -0.39 is 6.10 Å². The normalized spacial score (nSPS) is 35.4. The number of Topliss-reactive ketones (excluding diaryl/α,β-unsaturated/α-hetero) is 1. The largest absolute Gasteiger partial charge is 0.383 e. The number of aliphatic hydroxyl groups excluding tert-OH is 1. The van der Waals surface area contributed by atoms with E-state index in [1.165, 1.54) is 30.6 Å². The molecule has 2 aliphatic carbocycles. The summed E-state index contributed by atoms with van der Waals surface area (Å²) in [7, 11) is 0. The predicted molar refractivity (Wildman–Crippen MR) is 117 cm³/mol. The first-order valence-electron chi connectivity index (χ1n) is 12.4. The maximum atomic E-state index is 13.2. The first-order chi connectivity index (χ1) is 15.0. The highest BCUT2D eigenvalue weighted by Gasteiger charge is 2.40. The van der Waals surface area contributed by atoms with Crippen LogP contribution in [0.2, 0.25) is 0 Å². The van der Waals surface area contributed by atoms with E-state index in [2.05, 4.69) is 0 Å². The molecule has 4 unspecified atom stereocenters. The molecule has 174 valence electrons. The Bertz CT molecular complexity index is 676. The van der Waals surface area contributed by atoms with Crippen LogP contribution in [0.4, 0.5) is 0 Å².